The van der Waals surface area contributed by atoms with Gasteiger partial charge >= 0.3 is 0 Å². The molecule has 2 heterocycles. The molecule has 1 aromatic heterocycles. The van der Waals surface area contributed by atoms with Gasteiger partial charge in [-0.2, -0.15) is 0 Å². The van der Waals surface area contributed by atoms with Crippen LogP contribution in [0.5, 0.6) is 0 Å². The average molecular weight is 196 g/mol. The smallest absolute Gasteiger partial charge is 0.257 e. The first kappa shape index (κ1) is 8.56. The van der Waals surface area contributed by atoms with Crippen molar-refractivity contribution in [1.82, 2.24) is 4.90 Å². The number of carbonyl (C=O) groups is 1. The maximum absolute atomic E-state index is 11.8. The summed E-state index contributed by atoms with van der Waals surface area (Å²) < 4.78 is 0. The number of carbonyl (C=O) groups excluding carboxylic acids is 1. The minimum Gasteiger partial charge on any atom is -0.397 e. The molecule has 0 fully saturated rings. The number of anilines is 1. The summed E-state index contributed by atoms with van der Waals surface area (Å²) in [6.45, 7) is 3.60. The number of thiophene rings is 1. The molecule has 0 aliphatic carbocycles. The number of nitrogens with two attached hydrogens (primary N) is 1. The van der Waals surface area contributed by atoms with E-state index < -0.39 is 0 Å². The van der Waals surface area contributed by atoms with Gasteiger partial charge in [-0.1, -0.05) is 0 Å². The molecule has 13 heavy (non-hydrogen) atoms. The molecule has 0 atom stereocenters. The Kier molecular flexibility index (Phi) is 2.00. The maximum atomic E-state index is 11.8. The van der Waals surface area contributed by atoms with Gasteiger partial charge in [0.2, 0.25) is 0 Å². The van der Waals surface area contributed by atoms with Crippen LogP contribution >= 0.6 is 11.3 Å². The van der Waals surface area contributed by atoms with Crippen molar-refractivity contribution >= 4 is 22.9 Å². The standard InChI is InChI=1S/C9H12N2OS/c1-2-11-4-3-7-8(9(11)12)6(10)5-13-7/h5H,2-4,10H2,1H3. The van der Waals surface area contributed by atoms with Crippen LogP contribution in [0.3, 0.4) is 0 Å². The predicted octanol–water partition coefficient (Wildman–Crippen LogP) is 1.35. The lowest BCUT2D eigenvalue weighted by atomic mass is 10.1. The van der Waals surface area contributed by atoms with Gasteiger partial charge in [-0.25, -0.2) is 0 Å². The number of nitrogen functional groups attached to an aromatic ring is 1. The molecular formula is C9H12N2OS. The molecule has 1 aliphatic rings. The van der Waals surface area contributed by atoms with Crippen molar-refractivity contribution in [3.63, 3.8) is 0 Å². The van der Waals surface area contributed by atoms with Crippen molar-refractivity contribution in [3.05, 3.63) is 15.8 Å². The highest BCUT2D eigenvalue weighted by Crippen LogP contribution is 2.29. The number of rotatable bonds is 1. The van der Waals surface area contributed by atoms with Crippen molar-refractivity contribution in [2.24, 2.45) is 0 Å². The third-order valence-electron chi connectivity index (χ3n) is 2.39. The Balaban J connectivity index is 2.43. The van der Waals surface area contributed by atoms with E-state index >= 15 is 0 Å². The minimum absolute atomic E-state index is 0.0995. The lowest BCUT2D eigenvalue weighted by molar-refractivity contribution is 0.0752. The SMILES string of the molecule is CCN1CCc2scc(N)c2C1=O. The van der Waals surface area contributed by atoms with E-state index in [1.165, 1.54) is 0 Å². The van der Waals surface area contributed by atoms with Crippen LogP contribution < -0.4 is 5.73 Å². The third-order valence-corrected chi connectivity index (χ3v) is 3.45. The summed E-state index contributed by atoms with van der Waals surface area (Å²) in [6.07, 6.45) is 0.955. The molecule has 0 saturated heterocycles. The summed E-state index contributed by atoms with van der Waals surface area (Å²) in [5.74, 6) is 0.0995. The van der Waals surface area contributed by atoms with Crippen molar-refractivity contribution in [3.8, 4) is 0 Å². The zero-order valence-corrected chi connectivity index (χ0v) is 8.36. The molecule has 0 saturated carbocycles. The molecule has 1 amide bonds. The van der Waals surface area contributed by atoms with E-state index in [0.29, 0.717) is 5.69 Å². The molecule has 0 bridgehead atoms. The van der Waals surface area contributed by atoms with Gasteiger partial charge in [-0.15, -0.1) is 11.3 Å². The van der Waals surface area contributed by atoms with E-state index in [1.54, 1.807) is 11.3 Å². The molecule has 0 radical (unpaired) electrons. The molecule has 4 heteroatoms. The number of hydrogen-bond acceptors (Lipinski definition) is 3. The molecule has 2 N–H and O–H groups in total. The first-order valence-corrected chi connectivity index (χ1v) is 5.27. The summed E-state index contributed by atoms with van der Waals surface area (Å²) >= 11 is 1.60. The summed E-state index contributed by atoms with van der Waals surface area (Å²) in [5.41, 5.74) is 7.12. The van der Waals surface area contributed by atoms with Crippen LogP contribution in [0.1, 0.15) is 22.2 Å². The Labute approximate surface area is 81.2 Å². The Morgan fingerprint density at radius 2 is 2.46 bits per heavy atom. The van der Waals surface area contributed by atoms with Gasteiger partial charge in [0, 0.05) is 29.8 Å². The topological polar surface area (TPSA) is 46.3 Å². The summed E-state index contributed by atoms with van der Waals surface area (Å²) in [4.78, 5) is 14.8. The first-order chi connectivity index (χ1) is 6.24. The second kappa shape index (κ2) is 3.03. The van der Waals surface area contributed by atoms with Crippen LogP contribution in [0.15, 0.2) is 5.38 Å². The highest BCUT2D eigenvalue weighted by atomic mass is 32.1. The molecule has 1 aromatic rings. The van der Waals surface area contributed by atoms with Crippen molar-refractivity contribution in [2.75, 3.05) is 18.8 Å². The van der Waals surface area contributed by atoms with Crippen LogP contribution in [-0.2, 0) is 6.42 Å². The van der Waals surface area contributed by atoms with Crippen LogP contribution in [0.2, 0.25) is 0 Å². The zero-order valence-electron chi connectivity index (χ0n) is 7.54. The van der Waals surface area contributed by atoms with Crippen LogP contribution in [0.25, 0.3) is 0 Å². The predicted molar refractivity (Wildman–Crippen MR) is 54.0 cm³/mol. The number of amides is 1. The largest absolute Gasteiger partial charge is 0.397 e. The molecular weight excluding hydrogens is 184 g/mol. The number of likely N-dealkylation sites (N-methyl/N-ethyl adjacent to an activating group) is 1. The summed E-state index contributed by atoms with van der Waals surface area (Å²) in [6, 6.07) is 0. The maximum Gasteiger partial charge on any atom is 0.257 e. The van der Waals surface area contributed by atoms with Crippen LogP contribution in [-0.4, -0.2) is 23.9 Å². The van der Waals surface area contributed by atoms with Crippen LogP contribution in [0, 0.1) is 0 Å². The highest BCUT2D eigenvalue weighted by molar-refractivity contribution is 7.10. The first-order valence-electron chi connectivity index (χ1n) is 4.39. The van der Waals surface area contributed by atoms with Crippen LogP contribution in [0.4, 0.5) is 5.69 Å². The summed E-state index contributed by atoms with van der Waals surface area (Å²) in [5, 5.41) is 1.86. The lowest BCUT2D eigenvalue weighted by Gasteiger charge is -2.25. The number of fused-ring (bicyclic) bond motifs is 1. The van der Waals surface area contributed by atoms with Gasteiger partial charge < -0.3 is 10.6 Å². The molecule has 3 nitrogen and oxygen atoms in total. The lowest BCUT2D eigenvalue weighted by Crippen LogP contribution is -2.36. The van der Waals surface area contributed by atoms with E-state index in [1.807, 2.05) is 17.2 Å². The van der Waals surface area contributed by atoms with E-state index in [4.69, 9.17) is 5.73 Å². The summed E-state index contributed by atoms with van der Waals surface area (Å²) in [7, 11) is 0. The average Bonchev–Trinajstić information content (AvgIpc) is 2.49. The Morgan fingerprint density at radius 3 is 3.15 bits per heavy atom. The van der Waals surface area contributed by atoms with Crippen molar-refractivity contribution in [1.29, 1.82) is 0 Å². The van der Waals surface area contributed by atoms with Gasteiger partial charge in [0.25, 0.3) is 5.91 Å². The molecule has 0 unspecified atom stereocenters. The van der Waals surface area contributed by atoms with E-state index in [2.05, 4.69) is 0 Å². The van der Waals surface area contributed by atoms with Crippen molar-refractivity contribution < 1.29 is 4.79 Å². The van der Waals surface area contributed by atoms with Gasteiger partial charge in [-0.3, -0.25) is 4.79 Å². The quantitative estimate of drug-likeness (QED) is 0.737. The molecule has 70 valence electrons. The molecule has 2 rings (SSSR count). The number of nitrogens with zero attached hydrogens (tertiary/aromatic N) is 1. The Morgan fingerprint density at radius 1 is 1.69 bits per heavy atom. The van der Waals surface area contributed by atoms with Gasteiger partial charge in [0.1, 0.15) is 0 Å². The number of hydrogen-bond donors (Lipinski definition) is 1. The molecule has 0 spiro atoms. The monoisotopic (exact) mass is 196 g/mol. The fraction of sp³-hybridized carbons (Fsp3) is 0.444. The third kappa shape index (κ3) is 1.21. The van der Waals surface area contributed by atoms with Gasteiger partial charge in [-0.05, 0) is 6.92 Å². The minimum atomic E-state index is 0.0995. The van der Waals surface area contributed by atoms with E-state index in [9.17, 15) is 4.79 Å². The fourth-order valence-electron chi connectivity index (χ4n) is 1.64. The van der Waals surface area contributed by atoms with Crippen molar-refractivity contribution in [2.45, 2.75) is 13.3 Å². The molecule has 1 aliphatic heterocycles. The Bertz CT molecular complexity index is 345. The van der Waals surface area contributed by atoms with Gasteiger partial charge in [0.05, 0.1) is 11.3 Å². The molecule has 0 aromatic carbocycles. The second-order valence-corrected chi connectivity index (χ2v) is 4.09. The Hall–Kier alpha value is -1.03. The van der Waals surface area contributed by atoms with E-state index in [0.717, 1.165) is 30.0 Å². The van der Waals surface area contributed by atoms with E-state index in [-0.39, 0.29) is 5.91 Å². The zero-order chi connectivity index (χ0) is 9.42. The van der Waals surface area contributed by atoms with Gasteiger partial charge in [0.15, 0.2) is 0 Å². The fourth-order valence-corrected chi connectivity index (χ4v) is 2.56. The highest BCUT2D eigenvalue weighted by Gasteiger charge is 2.26. The normalized spacial score (nSPS) is 16.1. The second-order valence-electron chi connectivity index (χ2n) is 3.12.